The number of nitrogens with two attached hydrogens (primary N) is 1. The van der Waals surface area contributed by atoms with Crippen molar-refractivity contribution < 1.29 is 14.0 Å². The highest BCUT2D eigenvalue weighted by Gasteiger charge is 2.34. The van der Waals surface area contributed by atoms with E-state index in [2.05, 4.69) is 15.2 Å². The summed E-state index contributed by atoms with van der Waals surface area (Å²) in [4.78, 5) is 31.7. The Bertz CT molecular complexity index is 983. The van der Waals surface area contributed by atoms with E-state index in [1.54, 1.807) is 6.07 Å². The predicted octanol–water partition coefficient (Wildman–Crippen LogP) is 2.81. The molecule has 1 aliphatic rings. The van der Waals surface area contributed by atoms with Crippen LogP contribution in [0.25, 0.3) is 11.4 Å². The fraction of sp³-hybridized carbons (Fsp3) is 0.476. The molecule has 30 heavy (non-hydrogen) atoms. The number of primary amides is 1. The molecule has 0 unspecified atom stereocenters. The monoisotopic (exact) mass is 435 g/mol. The summed E-state index contributed by atoms with van der Waals surface area (Å²) in [7, 11) is 1.97. The minimum atomic E-state index is -0.859. The van der Waals surface area contributed by atoms with Gasteiger partial charge in [0.25, 0.3) is 5.91 Å². The second-order valence-corrected chi connectivity index (χ2v) is 9.18. The van der Waals surface area contributed by atoms with Gasteiger partial charge >= 0.3 is 0 Å². The number of nitrogens with one attached hydrogen (secondary N) is 1. The van der Waals surface area contributed by atoms with E-state index in [0.717, 1.165) is 18.7 Å². The molecule has 3 rings (SSSR count). The van der Waals surface area contributed by atoms with Gasteiger partial charge in [-0.25, -0.2) is 9.37 Å². The van der Waals surface area contributed by atoms with Crippen LogP contribution in [0.15, 0.2) is 18.2 Å². The van der Waals surface area contributed by atoms with Crippen molar-refractivity contribution in [3.63, 3.8) is 0 Å². The highest BCUT2D eigenvalue weighted by molar-refractivity contribution is 6.30. The molecular weight excluding hydrogens is 409 g/mol. The molecule has 1 atom stereocenters. The van der Waals surface area contributed by atoms with Crippen molar-refractivity contribution in [2.45, 2.75) is 46.3 Å². The average molecular weight is 436 g/mol. The molecule has 7 nitrogen and oxygen atoms in total. The molecule has 1 aliphatic heterocycles. The van der Waals surface area contributed by atoms with Crippen molar-refractivity contribution >= 4 is 23.4 Å². The quantitative estimate of drug-likeness (QED) is 0.772. The standard InChI is InChI=1S/C21H27ClFN5O2/c1-21(2,3)17(18(24)29)26-20(30)16-15-11-27(4)8-5-9-28(15)19(25-16)12-6-7-13(22)14(23)10-12/h6-7,10,17H,5,8-9,11H2,1-4H3,(H2,24,29)(H,26,30)/t17-/m1/s1. The summed E-state index contributed by atoms with van der Waals surface area (Å²) in [6.45, 7) is 7.47. The van der Waals surface area contributed by atoms with E-state index >= 15 is 0 Å². The fourth-order valence-electron chi connectivity index (χ4n) is 3.67. The second kappa shape index (κ2) is 8.35. The summed E-state index contributed by atoms with van der Waals surface area (Å²) in [5, 5.41) is 2.76. The zero-order valence-corrected chi connectivity index (χ0v) is 18.4. The number of nitrogens with zero attached hydrogens (tertiary/aromatic N) is 3. The normalized spacial score (nSPS) is 15.9. The maximum absolute atomic E-state index is 14.1. The van der Waals surface area contributed by atoms with E-state index in [1.165, 1.54) is 12.1 Å². The van der Waals surface area contributed by atoms with Crippen LogP contribution in [0.4, 0.5) is 4.39 Å². The van der Waals surface area contributed by atoms with Gasteiger partial charge in [0.05, 0.1) is 10.7 Å². The van der Waals surface area contributed by atoms with Crippen LogP contribution in [-0.4, -0.2) is 45.9 Å². The number of hydrogen-bond acceptors (Lipinski definition) is 4. The minimum Gasteiger partial charge on any atom is -0.368 e. The molecule has 0 aliphatic carbocycles. The smallest absolute Gasteiger partial charge is 0.272 e. The SMILES string of the molecule is CN1CCCn2c(-c3ccc(Cl)c(F)c3)nc(C(=O)N[C@H](C(N)=O)C(C)(C)C)c2C1. The Hall–Kier alpha value is -2.45. The van der Waals surface area contributed by atoms with Crippen LogP contribution in [0.1, 0.15) is 43.4 Å². The lowest BCUT2D eigenvalue weighted by Crippen LogP contribution is -2.52. The van der Waals surface area contributed by atoms with Crippen molar-refractivity contribution in [1.82, 2.24) is 19.8 Å². The van der Waals surface area contributed by atoms with E-state index in [0.29, 0.717) is 24.5 Å². The van der Waals surface area contributed by atoms with E-state index in [4.69, 9.17) is 17.3 Å². The fourth-order valence-corrected chi connectivity index (χ4v) is 3.79. The first-order valence-corrected chi connectivity index (χ1v) is 10.2. The zero-order chi connectivity index (χ0) is 22.2. The van der Waals surface area contributed by atoms with Crippen molar-refractivity contribution in [1.29, 1.82) is 0 Å². The Kier molecular flexibility index (Phi) is 6.19. The molecular formula is C21H27ClFN5O2. The minimum absolute atomic E-state index is 0.0218. The molecule has 162 valence electrons. The number of amides is 2. The van der Waals surface area contributed by atoms with Crippen LogP contribution >= 0.6 is 11.6 Å². The van der Waals surface area contributed by atoms with Gasteiger partial charge in [0.2, 0.25) is 5.91 Å². The van der Waals surface area contributed by atoms with E-state index in [-0.39, 0.29) is 10.7 Å². The Labute approximate surface area is 180 Å². The summed E-state index contributed by atoms with van der Waals surface area (Å²) in [5.41, 5.74) is 6.42. The molecule has 0 bridgehead atoms. The highest BCUT2D eigenvalue weighted by atomic mass is 35.5. The zero-order valence-electron chi connectivity index (χ0n) is 17.6. The molecule has 2 aromatic rings. The van der Waals surface area contributed by atoms with Crippen LogP contribution in [0.2, 0.25) is 5.02 Å². The first kappa shape index (κ1) is 22.2. The van der Waals surface area contributed by atoms with Crippen molar-refractivity contribution in [2.24, 2.45) is 11.1 Å². The Balaban J connectivity index is 2.08. The molecule has 9 heteroatoms. The van der Waals surface area contributed by atoms with Crippen LogP contribution in [0, 0.1) is 11.2 Å². The summed E-state index contributed by atoms with van der Waals surface area (Å²) >= 11 is 5.83. The van der Waals surface area contributed by atoms with Gasteiger partial charge in [0.1, 0.15) is 17.7 Å². The highest BCUT2D eigenvalue weighted by Crippen LogP contribution is 2.29. The van der Waals surface area contributed by atoms with Crippen molar-refractivity contribution in [3.8, 4) is 11.4 Å². The van der Waals surface area contributed by atoms with Gasteiger partial charge in [-0.2, -0.15) is 0 Å². The third-order valence-corrected chi connectivity index (χ3v) is 5.54. The second-order valence-electron chi connectivity index (χ2n) is 8.78. The number of fused-ring (bicyclic) bond motifs is 1. The molecule has 0 saturated carbocycles. The average Bonchev–Trinajstić information content (AvgIpc) is 2.87. The van der Waals surface area contributed by atoms with Crippen molar-refractivity contribution in [3.05, 3.63) is 40.4 Å². The number of rotatable bonds is 4. The van der Waals surface area contributed by atoms with Gasteiger partial charge in [-0.15, -0.1) is 0 Å². The van der Waals surface area contributed by atoms with E-state index in [1.807, 2.05) is 32.4 Å². The molecule has 3 N–H and O–H groups in total. The first-order chi connectivity index (χ1) is 14.0. The number of halogens is 2. The number of benzene rings is 1. The topological polar surface area (TPSA) is 93.2 Å². The summed E-state index contributed by atoms with van der Waals surface area (Å²) < 4.78 is 16.0. The lowest BCUT2D eigenvalue weighted by molar-refractivity contribution is -0.122. The first-order valence-electron chi connectivity index (χ1n) is 9.82. The largest absolute Gasteiger partial charge is 0.368 e. The maximum atomic E-state index is 14.1. The lowest BCUT2D eigenvalue weighted by Gasteiger charge is -2.28. The summed E-state index contributed by atoms with van der Waals surface area (Å²) in [6, 6.07) is 3.61. The number of carbonyl (C=O) groups excluding carboxylic acids is 2. The van der Waals surface area contributed by atoms with E-state index in [9.17, 15) is 14.0 Å². The van der Waals surface area contributed by atoms with Gasteiger partial charge in [-0.3, -0.25) is 9.59 Å². The predicted molar refractivity (Wildman–Crippen MR) is 113 cm³/mol. The Morgan fingerprint density at radius 2 is 2.00 bits per heavy atom. The number of aromatic nitrogens is 2. The molecule has 1 aromatic carbocycles. The molecule has 2 heterocycles. The third kappa shape index (κ3) is 4.49. The van der Waals surface area contributed by atoms with Gasteiger partial charge in [0, 0.05) is 18.7 Å². The Morgan fingerprint density at radius 3 is 2.60 bits per heavy atom. The summed E-state index contributed by atoms with van der Waals surface area (Å²) in [5.74, 6) is -1.15. The van der Waals surface area contributed by atoms with Crippen LogP contribution in [-0.2, 0) is 17.9 Å². The van der Waals surface area contributed by atoms with Gasteiger partial charge < -0.3 is 20.5 Å². The molecule has 0 spiro atoms. The van der Waals surface area contributed by atoms with Crippen LogP contribution < -0.4 is 11.1 Å². The van der Waals surface area contributed by atoms with Gasteiger partial charge in [-0.1, -0.05) is 32.4 Å². The van der Waals surface area contributed by atoms with E-state index < -0.39 is 29.1 Å². The van der Waals surface area contributed by atoms with Gasteiger partial charge in [-0.05, 0) is 43.6 Å². The van der Waals surface area contributed by atoms with Crippen molar-refractivity contribution in [2.75, 3.05) is 13.6 Å². The molecule has 0 fully saturated rings. The maximum Gasteiger partial charge on any atom is 0.272 e. The molecule has 0 saturated heterocycles. The summed E-state index contributed by atoms with van der Waals surface area (Å²) in [6.07, 6.45) is 0.857. The van der Waals surface area contributed by atoms with Gasteiger partial charge in [0.15, 0.2) is 5.69 Å². The van der Waals surface area contributed by atoms with Crippen LogP contribution in [0.3, 0.4) is 0 Å². The number of imidazole rings is 1. The number of hydrogen-bond donors (Lipinski definition) is 2. The third-order valence-electron chi connectivity index (χ3n) is 5.23. The Morgan fingerprint density at radius 1 is 1.30 bits per heavy atom. The molecule has 2 amide bonds. The molecule has 0 radical (unpaired) electrons. The molecule has 1 aromatic heterocycles. The van der Waals surface area contributed by atoms with Crippen LogP contribution in [0.5, 0.6) is 0 Å². The number of carbonyl (C=O) groups is 2. The lowest BCUT2D eigenvalue weighted by atomic mass is 9.86.